The molecule has 0 bridgehead atoms. The molecule has 2 aromatic heterocycles. The zero-order chi connectivity index (χ0) is 39.8. The minimum Gasteiger partial charge on any atom is -0.481 e. The van der Waals surface area contributed by atoms with Gasteiger partial charge in [0.1, 0.15) is 24.0 Å². The number of imidazole rings is 1. The van der Waals surface area contributed by atoms with Crippen molar-refractivity contribution in [1.29, 1.82) is 0 Å². The van der Waals surface area contributed by atoms with Crippen molar-refractivity contribution in [1.82, 2.24) is 14.0 Å². The predicted octanol–water partition coefficient (Wildman–Crippen LogP) is 4.14. The van der Waals surface area contributed by atoms with Crippen LogP contribution in [0.15, 0.2) is 77.9 Å². The van der Waals surface area contributed by atoms with Crippen molar-refractivity contribution < 1.29 is 79.4 Å². The summed E-state index contributed by atoms with van der Waals surface area (Å²) < 4.78 is 87.3. The third kappa shape index (κ3) is 10.6. The second kappa shape index (κ2) is 16.3. The summed E-state index contributed by atoms with van der Waals surface area (Å²) in [5, 5.41) is 8.65. The van der Waals surface area contributed by atoms with E-state index in [1.54, 1.807) is 12.3 Å². The Morgan fingerprint density at radius 3 is 2.27 bits per heavy atom. The molecule has 2 aromatic carbocycles. The monoisotopic (exact) mass is 849 g/mol. The maximum atomic E-state index is 13.8. The number of aryl methyl sites for hydroxylation is 1. The molecular formula is C30H35N3O18P4. The van der Waals surface area contributed by atoms with E-state index >= 15 is 0 Å². The molecule has 0 radical (unpaired) electrons. The molecule has 2 saturated heterocycles. The fraction of sp³-hybridized carbons (Fsp3) is 0.367. The molecular weight excluding hydrogens is 814 g/mol. The molecule has 0 saturated carbocycles. The number of benzene rings is 2. The van der Waals surface area contributed by atoms with Gasteiger partial charge in [0.2, 0.25) is 0 Å². The van der Waals surface area contributed by atoms with Gasteiger partial charge < -0.3 is 38.9 Å². The van der Waals surface area contributed by atoms with E-state index in [0.29, 0.717) is 11.3 Å². The third-order valence-electron chi connectivity index (χ3n) is 8.16. The number of hydrogen-bond acceptors (Lipinski definition) is 14. The Bertz CT molecular complexity index is 2300. The summed E-state index contributed by atoms with van der Waals surface area (Å²) in [7, 11) is -22.8. The number of phosphoric acid groups is 3. The van der Waals surface area contributed by atoms with Gasteiger partial charge in [-0.2, -0.15) is 8.62 Å². The highest BCUT2D eigenvalue weighted by Crippen LogP contribution is 2.71. The van der Waals surface area contributed by atoms with Crippen LogP contribution < -0.4 is 5.69 Å². The van der Waals surface area contributed by atoms with Crippen LogP contribution in [0.5, 0.6) is 0 Å². The van der Waals surface area contributed by atoms with Crippen molar-refractivity contribution in [2.75, 3.05) is 12.8 Å². The summed E-state index contributed by atoms with van der Waals surface area (Å²) in [5.41, 5.74) is 2.90. The molecule has 4 aromatic rings. The average molecular weight is 850 g/mol. The van der Waals surface area contributed by atoms with Crippen molar-refractivity contribution in [2.45, 2.75) is 57.0 Å². The molecule has 21 nitrogen and oxygen atoms in total. The van der Waals surface area contributed by atoms with Gasteiger partial charge in [-0.1, -0.05) is 54.1 Å². The highest BCUT2D eigenvalue weighted by Gasteiger charge is 2.55. The topological polar surface area (TPSA) is 290 Å². The van der Waals surface area contributed by atoms with Crippen molar-refractivity contribution in [3.8, 4) is 11.3 Å². The third-order valence-corrected chi connectivity index (χ3v) is 14.7. The number of carbonyl (C=O) groups is 1. The first-order valence-electron chi connectivity index (χ1n) is 16.3. The minimum atomic E-state index is -6.06. The van der Waals surface area contributed by atoms with Crippen LogP contribution in [-0.4, -0.2) is 82.0 Å². The van der Waals surface area contributed by atoms with Gasteiger partial charge in [0.05, 0.1) is 18.5 Å². The second-order valence-electron chi connectivity index (χ2n) is 12.4. The quantitative estimate of drug-likeness (QED) is 0.0933. The van der Waals surface area contributed by atoms with Gasteiger partial charge in [-0.25, -0.2) is 27.8 Å². The largest absolute Gasteiger partial charge is 0.490 e. The fourth-order valence-corrected chi connectivity index (χ4v) is 11.5. The van der Waals surface area contributed by atoms with E-state index in [1.807, 2.05) is 61.5 Å². The summed E-state index contributed by atoms with van der Waals surface area (Å²) in [6.45, 7) is 1.03. The van der Waals surface area contributed by atoms with Crippen molar-refractivity contribution in [3.63, 3.8) is 0 Å². The molecule has 298 valence electrons. The summed E-state index contributed by atoms with van der Waals surface area (Å²) in [6.07, 6.45) is -4.20. The number of aliphatic carboxylic acids is 1. The molecule has 2 aliphatic rings. The number of carboxylic acids is 1. The lowest BCUT2D eigenvalue weighted by Crippen LogP contribution is -2.35. The van der Waals surface area contributed by atoms with Gasteiger partial charge >= 0.3 is 42.7 Å². The molecule has 2 fully saturated rings. The van der Waals surface area contributed by atoms with Crippen LogP contribution in [0.4, 0.5) is 0 Å². The van der Waals surface area contributed by atoms with E-state index in [0.717, 1.165) is 16.7 Å². The van der Waals surface area contributed by atoms with Gasteiger partial charge in [-0.05, 0) is 31.0 Å². The lowest BCUT2D eigenvalue weighted by Gasteiger charge is -2.23. The normalized spacial score (nSPS) is 25.4. The molecule has 0 amide bonds. The van der Waals surface area contributed by atoms with Crippen LogP contribution in [0.2, 0.25) is 0 Å². The molecule has 9 atom stereocenters. The standard InChI is InChI=1S/C30H35N3O18P4/c1-19-7-5-10-21(15-19)22-17-33-24(31-22)12-13-32(30(33)36)29-28-27(47-26(48-28)16-20-8-3-2-4-9-20)23(46-29)18-45-53(39,40)50-55(43,44)51-54(41,42)49-52(37,38)14-6-11-25(34)35/h2-5,7-10,12-13,15,17,23,26-29H,6,11,14,16,18H2,1H3,(H,34,35)(H,37,38)(H,39,40)(H,41,42)(H,43,44)/t23-,26?,27?,28+,29-/m1/s1. The van der Waals surface area contributed by atoms with E-state index < -0.39 is 99.2 Å². The minimum absolute atomic E-state index is 0.264. The second-order valence-corrected chi connectivity index (χ2v) is 19.2. The zero-order valence-corrected chi connectivity index (χ0v) is 32.1. The maximum Gasteiger partial charge on any atom is 0.490 e. The van der Waals surface area contributed by atoms with Crippen molar-refractivity contribution >= 4 is 42.7 Å². The summed E-state index contributed by atoms with van der Waals surface area (Å²) in [5.74, 6) is -1.35. The highest BCUT2D eigenvalue weighted by molar-refractivity contribution is 7.70. The fourth-order valence-electron chi connectivity index (χ4n) is 5.91. The van der Waals surface area contributed by atoms with Gasteiger partial charge in [0.25, 0.3) is 0 Å². The lowest BCUT2D eigenvalue weighted by molar-refractivity contribution is -0.150. The van der Waals surface area contributed by atoms with Gasteiger partial charge in [0, 0.05) is 30.8 Å². The number of ether oxygens (including phenoxy) is 3. The molecule has 5 N–H and O–H groups in total. The van der Waals surface area contributed by atoms with Gasteiger partial charge in [0.15, 0.2) is 12.5 Å². The number of rotatable bonds is 17. The Labute approximate surface area is 311 Å². The number of fused-ring (bicyclic) bond motifs is 2. The van der Waals surface area contributed by atoms with Gasteiger partial charge in [-0.3, -0.25) is 22.9 Å². The first kappa shape index (κ1) is 41.4. The molecule has 4 heterocycles. The number of phosphoric ester groups is 1. The number of aromatic nitrogens is 3. The van der Waals surface area contributed by atoms with Crippen LogP contribution in [0.3, 0.4) is 0 Å². The Hall–Kier alpha value is -3.19. The average Bonchev–Trinajstić information content (AvgIpc) is 3.77. The molecule has 0 spiro atoms. The zero-order valence-electron chi connectivity index (χ0n) is 28.5. The number of nitrogens with zero attached hydrogens (tertiary/aromatic N) is 3. The van der Waals surface area contributed by atoms with E-state index in [2.05, 4.69) is 17.9 Å². The first-order chi connectivity index (χ1) is 25.8. The Morgan fingerprint density at radius 1 is 0.873 bits per heavy atom. The molecule has 55 heavy (non-hydrogen) atoms. The van der Waals surface area contributed by atoms with Crippen molar-refractivity contribution in [2.24, 2.45) is 0 Å². The van der Waals surface area contributed by atoms with Crippen LogP contribution in [0.1, 0.15) is 30.2 Å². The van der Waals surface area contributed by atoms with E-state index in [-0.39, 0.29) is 6.42 Å². The summed E-state index contributed by atoms with van der Waals surface area (Å²) >= 11 is 0. The van der Waals surface area contributed by atoms with Crippen molar-refractivity contribution in [3.05, 3.63) is 94.7 Å². The molecule has 25 heteroatoms. The Morgan fingerprint density at radius 2 is 1.56 bits per heavy atom. The SMILES string of the molecule is Cc1cccc(-c2cn3c(=O)n([C@@H]4O[C@H](COP(=O)(O)OP(=O)(O)OP(=O)(O)OP(=O)(O)CCCC(=O)O)C5OC(Cc6ccccc6)O[C@@H]54)ccc3n2)c1. The maximum absolute atomic E-state index is 13.8. The molecule has 6 unspecified atom stereocenters. The van der Waals surface area contributed by atoms with E-state index in [1.165, 1.54) is 15.2 Å². The predicted molar refractivity (Wildman–Crippen MR) is 187 cm³/mol. The van der Waals surface area contributed by atoms with Crippen LogP contribution in [0, 0.1) is 6.92 Å². The Balaban J connectivity index is 1.18. The van der Waals surface area contributed by atoms with Crippen LogP contribution in [0.25, 0.3) is 16.9 Å². The summed E-state index contributed by atoms with van der Waals surface area (Å²) in [4.78, 5) is 68.8. The molecule has 0 aliphatic carbocycles. The smallest absolute Gasteiger partial charge is 0.481 e. The summed E-state index contributed by atoms with van der Waals surface area (Å²) in [6, 6.07) is 18.2. The van der Waals surface area contributed by atoms with Crippen LogP contribution >= 0.6 is 31.1 Å². The van der Waals surface area contributed by atoms with Crippen LogP contribution in [-0.2, 0) is 61.1 Å². The van der Waals surface area contributed by atoms with E-state index in [4.69, 9.17) is 23.8 Å². The van der Waals surface area contributed by atoms with Gasteiger partial charge in [-0.15, -0.1) is 0 Å². The first-order valence-corrected chi connectivity index (χ1v) is 22.5. The Kier molecular flexibility index (Phi) is 12.3. The molecule has 2 aliphatic heterocycles. The van der Waals surface area contributed by atoms with E-state index in [9.17, 15) is 47.4 Å². The lowest BCUT2D eigenvalue weighted by atomic mass is 10.1. The number of hydrogen-bond donors (Lipinski definition) is 5. The highest BCUT2D eigenvalue weighted by atomic mass is 31.3. The number of carboxylic acid groups (broad SMARTS) is 1. The molecule has 6 rings (SSSR count).